The molecule has 2 heterocycles. The summed E-state index contributed by atoms with van der Waals surface area (Å²) < 4.78 is 0. The van der Waals surface area contributed by atoms with Crippen LogP contribution in [0.5, 0.6) is 0 Å². The van der Waals surface area contributed by atoms with Gasteiger partial charge in [-0.05, 0) is 69.5 Å². The SMILES string of the molecule is C[C@H]1CCCCN1CCCCNC(=O)/C=C\c1ccncc1. The summed E-state index contributed by atoms with van der Waals surface area (Å²) in [5.74, 6) is -0.0249. The molecule has 1 amide bonds. The Bertz CT molecular complexity index is 472. The molecule has 4 heteroatoms. The van der Waals surface area contributed by atoms with Crippen molar-refractivity contribution in [3.05, 3.63) is 36.2 Å². The zero-order valence-electron chi connectivity index (χ0n) is 13.5. The Labute approximate surface area is 133 Å². The molecular weight excluding hydrogens is 274 g/mol. The van der Waals surface area contributed by atoms with E-state index in [0.717, 1.165) is 37.5 Å². The highest BCUT2D eigenvalue weighted by Gasteiger charge is 2.16. The van der Waals surface area contributed by atoms with Crippen molar-refractivity contribution in [2.75, 3.05) is 19.6 Å². The summed E-state index contributed by atoms with van der Waals surface area (Å²) in [4.78, 5) is 18.2. The number of hydrogen-bond acceptors (Lipinski definition) is 3. The number of unbranched alkanes of at least 4 members (excludes halogenated alkanes) is 1. The third kappa shape index (κ3) is 5.98. The molecular formula is C18H27N3O. The number of rotatable bonds is 7. The van der Waals surface area contributed by atoms with Crippen LogP contribution in [-0.4, -0.2) is 41.5 Å². The maximum absolute atomic E-state index is 11.7. The Hall–Kier alpha value is -1.68. The summed E-state index contributed by atoms with van der Waals surface area (Å²) in [6.07, 6.45) is 13.1. The molecule has 120 valence electrons. The number of hydrogen-bond donors (Lipinski definition) is 1. The fourth-order valence-corrected chi connectivity index (χ4v) is 2.85. The lowest BCUT2D eigenvalue weighted by Gasteiger charge is -2.33. The second kappa shape index (κ2) is 9.36. The Balaban J connectivity index is 1.56. The van der Waals surface area contributed by atoms with Gasteiger partial charge in [-0.3, -0.25) is 9.78 Å². The van der Waals surface area contributed by atoms with Gasteiger partial charge < -0.3 is 10.2 Å². The number of pyridine rings is 1. The molecule has 0 spiro atoms. The number of nitrogens with zero attached hydrogens (tertiary/aromatic N) is 2. The Morgan fingerprint density at radius 2 is 2.18 bits per heavy atom. The third-order valence-corrected chi connectivity index (χ3v) is 4.25. The second-order valence-electron chi connectivity index (χ2n) is 5.99. The number of carbonyl (C=O) groups is 1. The minimum atomic E-state index is -0.0249. The van der Waals surface area contributed by atoms with Crippen molar-refractivity contribution in [3.8, 4) is 0 Å². The first-order valence-electron chi connectivity index (χ1n) is 8.36. The number of amides is 1. The van der Waals surface area contributed by atoms with E-state index >= 15 is 0 Å². The summed E-state index contributed by atoms with van der Waals surface area (Å²) >= 11 is 0. The van der Waals surface area contributed by atoms with E-state index in [0.29, 0.717) is 0 Å². The van der Waals surface area contributed by atoms with E-state index in [9.17, 15) is 4.79 Å². The molecule has 1 saturated heterocycles. The zero-order valence-corrected chi connectivity index (χ0v) is 13.5. The minimum Gasteiger partial charge on any atom is -0.353 e. The van der Waals surface area contributed by atoms with E-state index in [1.165, 1.54) is 25.8 Å². The Morgan fingerprint density at radius 1 is 1.36 bits per heavy atom. The Morgan fingerprint density at radius 3 is 2.95 bits per heavy atom. The van der Waals surface area contributed by atoms with Crippen molar-refractivity contribution in [1.29, 1.82) is 0 Å². The summed E-state index contributed by atoms with van der Waals surface area (Å²) in [6.45, 7) is 5.47. The molecule has 1 aliphatic rings. The summed E-state index contributed by atoms with van der Waals surface area (Å²) in [5.41, 5.74) is 0.990. The first-order valence-corrected chi connectivity index (χ1v) is 8.36. The minimum absolute atomic E-state index is 0.0249. The van der Waals surface area contributed by atoms with E-state index < -0.39 is 0 Å². The molecule has 0 unspecified atom stereocenters. The second-order valence-corrected chi connectivity index (χ2v) is 5.99. The van der Waals surface area contributed by atoms with Crippen LogP contribution in [0.3, 0.4) is 0 Å². The molecule has 1 aromatic rings. The molecule has 0 aliphatic carbocycles. The van der Waals surface area contributed by atoms with Crippen LogP contribution in [-0.2, 0) is 4.79 Å². The predicted octanol–water partition coefficient (Wildman–Crippen LogP) is 2.87. The van der Waals surface area contributed by atoms with Crippen LogP contribution in [0, 0.1) is 0 Å². The van der Waals surface area contributed by atoms with Crippen molar-refractivity contribution in [3.63, 3.8) is 0 Å². The summed E-state index contributed by atoms with van der Waals surface area (Å²) in [5, 5.41) is 2.94. The van der Waals surface area contributed by atoms with Gasteiger partial charge in [0.2, 0.25) is 5.91 Å². The normalized spacial score (nSPS) is 19.4. The van der Waals surface area contributed by atoms with Gasteiger partial charge in [0.15, 0.2) is 0 Å². The van der Waals surface area contributed by atoms with Crippen LogP contribution in [0.15, 0.2) is 30.6 Å². The number of carbonyl (C=O) groups excluding carboxylic acids is 1. The molecule has 0 aromatic carbocycles. The molecule has 22 heavy (non-hydrogen) atoms. The van der Waals surface area contributed by atoms with Gasteiger partial charge in [-0.1, -0.05) is 6.42 Å². The highest BCUT2D eigenvalue weighted by Crippen LogP contribution is 2.16. The van der Waals surface area contributed by atoms with Gasteiger partial charge in [0.1, 0.15) is 0 Å². The number of nitrogens with one attached hydrogen (secondary N) is 1. The van der Waals surface area contributed by atoms with Crippen molar-refractivity contribution in [2.24, 2.45) is 0 Å². The van der Waals surface area contributed by atoms with E-state index in [4.69, 9.17) is 0 Å². The molecule has 1 N–H and O–H groups in total. The van der Waals surface area contributed by atoms with Crippen molar-refractivity contribution in [2.45, 2.75) is 45.1 Å². The standard InChI is InChI=1S/C18H27N3O/c1-16-6-2-4-14-21(16)15-5-3-11-20-18(22)8-7-17-9-12-19-13-10-17/h7-10,12-13,16H,2-6,11,14-15H2,1H3,(H,20,22)/b8-7-/t16-/m0/s1. The molecule has 1 aromatic heterocycles. The fourth-order valence-electron chi connectivity index (χ4n) is 2.85. The zero-order chi connectivity index (χ0) is 15.6. The highest BCUT2D eigenvalue weighted by molar-refractivity contribution is 5.91. The molecule has 0 bridgehead atoms. The van der Waals surface area contributed by atoms with E-state index in [-0.39, 0.29) is 5.91 Å². The van der Waals surface area contributed by atoms with Gasteiger partial charge in [0.25, 0.3) is 0 Å². The fraction of sp³-hybridized carbons (Fsp3) is 0.556. The van der Waals surface area contributed by atoms with Crippen molar-refractivity contribution < 1.29 is 4.79 Å². The molecule has 4 nitrogen and oxygen atoms in total. The number of aromatic nitrogens is 1. The van der Waals surface area contributed by atoms with Gasteiger partial charge >= 0.3 is 0 Å². The quantitative estimate of drug-likeness (QED) is 0.622. The van der Waals surface area contributed by atoms with Crippen LogP contribution < -0.4 is 5.32 Å². The molecule has 1 fully saturated rings. The molecule has 1 atom stereocenters. The Kier molecular flexibility index (Phi) is 7.10. The average molecular weight is 301 g/mol. The monoisotopic (exact) mass is 301 g/mol. The first kappa shape index (κ1) is 16.7. The molecule has 1 aliphatic heterocycles. The van der Waals surface area contributed by atoms with Crippen LogP contribution in [0.2, 0.25) is 0 Å². The first-order chi connectivity index (χ1) is 10.8. The average Bonchev–Trinajstić information content (AvgIpc) is 2.55. The van der Waals surface area contributed by atoms with E-state index in [2.05, 4.69) is 22.1 Å². The van der Waals surface area contributed by atoms with Crippen LogP contribution in [0.25, 0.3) is 6.08 Å². The molecule has 0 saturated carbocycles. The lowest BCUT2D eigenvalue weighted by atomic mass is 10.0. The lowest BCUT2D eigenvalue weighted by molar-refractivity contribution is -0.116. The number of piperidine rings is 1. The van der Waals surface area contributed by atoms with Gasteiger partial charge in [-0.2, -0.15) is 0 Å². The van der Waals surface area contributed by atoms with Gasteiger partial charge in [-0.15, -0.1) is 0 Å². The van der Waals surface area contributed by atoms with Crippen LogP contribution >= 0.6 is 0 Å². The van der Waals surface area contributed by atoms with E-state index in [1.54, 1.807) is 18.5 Å². The summed E-state index contributed by atoms with van der Waals surface area (Å²) in [6, 6.07) is 4.49. The van der Waals surface area contributed by atoms with Gasteiger partial charge in [0, 0.05) is 31.1 Å². The topological polar surface area (TPSA) is 45.2 Å². The molecule has 2 rings (SSSR count). The smallest absolute Gasteiger partial charge is 0.243 e. The van der Waals surface area contributed by atoms with Crippen molar-refractivity contribution in [1.82, 2.24) is 15.2 Å². The van der Waals surface area contributed by atoms with E-state index in [1.807, 2.05) is 18.2 Å². The summed E-state index contributed by atoms with van der Waals surface area (Å²) in [7, 11) is 0. The van der Waals surface area contributed by atoms with Crippen LogP contribution in [0.1, 0.15) is 44.6 Å². The predicted molar refractivity (Wildman–Crippen MR) is 90.4 cm³/mol. The maximum atomic E-state index is 11.7. The maximum Gasteiger partial charge on any atom is 0.243 e. The largest absolute Gasteiger partial charge is 0.353 e. The van der Waals surface area contributed by atoms with Crippen molar-refractivity contribution >= 4 is 12.0 Å². The van der Waals surface area contributed by atoms with Gasteiger partial charge in [0.05, 0.1) is 0 Å². The molecule has 0 radical (unpaired) electrons. The van der Waals surface area contributed by atoms with Gasteiger partial charge in [-0.25, -0.2) is 0 Å². The van der Waals surface area contributed by atoms with Crippen LogP contribution in [0.4, 0.5) is 0 Å². The number of likely N-dealkylation sites (tertiary alicyclic amines) is 1. The highest BCUT2D eigenvalue weighted by atomic mass is 16.1. The third-order valence-electron chi connectivity index (χ3n) is 4.25. The lowest BCUT2D eigenvalue weighted by Crippen LogP contribution is -2.38.